The molecule has 0 saturated carbocycles. The van der Waals surface area contributed by atoms with Crippen LogP contribution in [0.3, 0.4) is 0 Å². The molecule has 2 aromatic carbocycles. The third-order valence-electron chi connectivity index (χ3n) is 8.43. The molecule has 3 aromatic heterocycles. The number of nitrogens with zero attached hydrogens (tertiary/aromatic N) is 4. The average molecular weight is 692 g/mol. The van der Waals surface area contributed by atoms with Gasteiger partial charge in [-0.3, -0.25) is 14.6 Å². The number of methoxy groups -OCH3 is 1. The van der Waals surface area contributed by atoms with Crippen molar-refractivity contribution < 1.29 is 41.7 Å². The number of benzene rings is 2. The largest absolute Gasteiger partial charge is 0.489 e. The molecule has 1 unspecified atom stereocenters. The van der Waals surface area contributed by atoms with Crippen LogP contribution in [-0.4, -0.2) is 63.5 Å². The molecule has 1 aliphatic rings. The van der Waals surface area contributed by atoms with Gasteiger partial charge in [-0.25, -0.2) is 9.37 Å². The zero-order valence-corrected chi connectivity index (χ0v) is 26.7. The Hall–Kier alpha value is -5.90. The Morgan fingerprint density at radius 3 is 2.46 bits per heavy atom. The monoisotopic (exact) mass is 691 g/mol. The van der Waals surface area contributed by atoms with Gasteiger partial charge in [0.15, 0.2) is 5.82 Å². The highest BCUT2D eigenvalue weighted by Gasteiger charge is 2.57. The molecule has 0 spiro atoms. The summed E-state index contributed by atoms with van der Waals surface area (Å²) in [4.78, 5) is 34.6. The molecule has 5 aromatic rings. The number of nitrogens with two attached hydrogens (primary N) is 1. The topological polar surface area (TPSA) is 174 Å². The molecule has 50 heavy (non-hydrogen) atoms. The van der Waals surface area contributed by atoms with Crippen molar-refractivity contribution in [3.8, 4) is 22.9 Å². The highest BCUT2D eigenvalue weighted by Crippen LogP contribution is 2.47. The zero-order valence-electron chi connectivity index (χ0n) is 26.7. The van der Waals surface area contributed by atoms with Gasteiger partial charge < -0.3 is 30.9 Å². The van der Waals surface area contributed by atoms with Gasteiger partial charge in [0.05, 0.1) is 30.6 Å². The van der Waals surface area contributed by atoms with Gasteiger partial charge >= 0.3 is 6.18 Å². The molecule has 0 bridgehead atoms. The molecule has 1 aliphatic heterocycles. The quantitative estimate of drug-likeness (QED) is 0.160. The smallest absolute Gasteiger partial charge is 0.424 e. The SMILES string of the molecule is COc1ccc(Nc2cc(C(=O)NCC(O)(c3cc4c(c(-c5ccc(F)cc5)n3)OC[C@]4(C)C(N)=O)C(F)(F)F)cc3cc(C)cnc23)nn1. The van der Waals surface area contributed by atoms with Gasteiger partial charge in [-0.2, -0.15) is 13.2 Å². The summed E-state index contributed by atoms with van der Waals surface area (Å²) in [6.07, 6.45) is -3.79. The van der Waals surface area contributed by atoms with Crippen LogP contribution in [0.4, 0.5) is 29.1 Å². The standard InChI is InChI=1S/C34H29F4N7O5/c1-17-10-19-11-20(12-23(27(19)40-14-17)42-25-8-9-26(49-3)45-44-25)30(46)41-15-33(48,34(36,37)38)24-13-22-29(50-16-32(22,2)31(39)47)28(43-24)18-4-6-21(35)7-5-18/h4-14,48H,15-16H2,1-3H3,(H2,39,47)(H,41,46)(H,42,44)/t32-,33?/m0/s1. The van der Waals surface area contributed by atoms with Crippen LogP contribution in [0.2, 0.25) is 0 Å². The Morgan fingerprint density at radius 2 is 1.82 bits per heavy atom. The molecule has 12 nitrogen and oxygen atoms in total. The van der Waals surface area contributed by atoms with Crippen LogP contribution in [0.1, 0.15) is 34.1 Å². The molecular weight excluding hydrogens is 662 g/mol. The molecule has 0 saturated heterocycles. The third-order valence-corrected chi connectivity index (χ3v) is 8.43. The molecule has 2 atom stereocenters. The van der Waals surface area contributed by atoms with Gasteiger partial charge in [-0.1, -0.05) is 0 Å². The van der Waals surface area contributed by atoms with E-state index in [4.69, 9.17) is 15.2 Å². The summed E-state index contributed by atoms with van der Waals surface area (Å²) in [5.74, 6) is -2.00. The van der Waals surface area contributed by atoms with E-state index in [0.29, 0.717) is 16.6 Å². The fourth-order valence-corrected chi connectivity index (χ4v) is 5.47. The normalized spacial score (nSPS) is 16.6. The first-order valence-corrected chi connectivity index (χ1v) is 15.0. The van der Waals surface area contributed by atoms with Gasteiger partial charge in [-0.15, -0.1) is 10.2 Å². The number of hydrogen-bond donors (Lipinski definition) is 4. The number of aliphatic hydroxyl groups is 1. The van der Waals surface area contributed by atoms with Crippen LogP contribution in [-0.2, 0) is 15.8 Å². The highest BCUT2D eigenvalue weighted by molar-refractivity contribution is 6.03. The summed E-state index contributed by atoms with van der Waals surface area (Å²) in [5, 5.41) is 25.0. The van der Waals surface area contributed by atoms with Crippen LogP contribution in [0.5, 0.6) is 11.6 Å². The molecule has 4 heterocycles. The minimum absolute atomic E-state index is 0.0446. The fraction of sp³-hybridized carbons (Fsp3) is 0.235. The second-order valence-corrected chi connectivity index (χ2v) is 12.0. The summed E-state index contributed by atoms with van der Waals surface area (Å²) < 4.78 is 69.2. The first-order valence-electron chi connectivity index (χ1n) is 15.0. The number of nitrogens with one attached hydrogen (secondary N) is 2. The molecule has 5 N–H and O–H groups in total. The van der Waals surface area contributed by atoms with E-state index in [1.54, 1.807) is 31.3 Å². The van der Waals surface area contributed by atoms with E-state index in [-0.39, 0.29) is 46.4 Å². The van der Waals surface area contributed by atoms with Crippen LogP contribution in [0.15, 0.2) is 66.9 Å². The highest BCUT2D eigenvalue weighted by atomic mass is 19.4. The second-order valence-electron chi connectivity index (χ2n) is 12.0. The van der Waals surface area contributed by atoms with Crippen molar-refractivity contribution in [1.29, 1.82) is 0 Å². The van der Waals surface area contributed by atoms with Crippen molar-refractivity contribution >= 4 is 34.2 Å². The molecule has 2 amide bonds. The molecular formula is C34H29F4N7O5. The predicted octanol–water partition coefficient (Wildman–Crippen LogP) is 4.60. The minimum atomic E-state index is -5.39. The Bertz CT molecular complexity index is 2130. The number of pyridine rings is 2. The molecule has 0 fully saturated rings. The van der Waals surface area contributed by atoms with E-state index < -0.39 is 47.1 Å². The van der Waals surface area contributed by atoms with Gasteiger partial charge in [0, 0.05) is 34.3 Å². The van der Waals surface area contributed by atoms with E-state index in [1.165, 1.54) is 38.3 Å². The van der Waals surface area contributed by atoms with Crippen LogP contribution < -0.4 is 25.8 Å². The van der Waals surface area contributed by atoms with Gasteiger partial charge in [0.25, 0.3) is 5.91 Å². The number of carbonyl (C=O) groups excluding carboxylic acids is 2. The van der Waals surface area contributed by atoms with E-state index in [0.717, 1.165) is 23.8 Å². The molecule has 6 rings (SSSR count). The number of halogens is 4. The van der Waals surface area contributed by atoms with Gasteiger partial charge in [-0.05, 0) is 74.0 Å². The summed E-state index contributed by atoms with van der Waals surface area (Å²) in [6.45, 7) is 1.47. The van der Waals surface area contributed by atoms with Gasteiger partial charge in [0.2, 0.25) is 17.4 Å². The number of carbonyl (C=O) groups is 2. The van der Waals surface area contributed by atoms with Crippen LogP contribution in [0.25, 0.3) is 22.2 Å². The number of primary amides is 1. The zero-order chi connectivity index (χ0) is 36.0. The second kappa shape index (κ2) is 12.5. The maximum Gasteiger partial charge on any atom is 0.424 e. The lowest BCUT2D eigenvalue weighted by Gasteiger charge is -2.31. The van der Waals surface area contributed by atoms with Crippen molar-refractivity contribution in [3.05, 3.63) is 95.1 Å². The Kier molecular flexibility index (Phi) is 8.51. The minimum Gasteiger partial charge on any atom is -0.489 e. The summed E-state index contributed by atoms with van der Waals surface area (Å²) >= 11 is 0. The fourth-order valence-electron chi connectivity index (χ4n) is 5.47. The summed E-state index contributed by atoms with van der Waals surface area (Å²) in [7, 11) is 1.43. The van der Waals surface area contributed by atoms with Crippen molar-refractivity contribution in [2.75, 3.05) is 25.6 Å². The van der Waals surface area contributed by atoms with E-state index in [1.807, 2.05) is 0 Å². The Balaban J connectivity index is 1.39. The maximum absolute atomic E-state index is 14.9. The van der Waals surface area contributed by atoms with Crippen molar-refractivity contribution in [3.63, 3.8) is 0 Å². The first-order chi connectivity index (χ1) is 23.6. The number of anilines is 2. The summed E-state index contributed by atoms with van der Waals surface area (Å²) in [5.41, 5.74) is 0.644. The molecule has 16 heteroatoms. The van der Waals surface area contributed by atoms with E-state index >= 15 is 0 Å². The predicted molar refractivity (Wildman–Crippen MR) is 172 cm³/mol. The number of aryl methyl sites for hydroxylation is 1. The first kappa shape index (κ1) is 34.0. The van der Waals surface area contributed by atoms with Crippen molar-refractivity contribution in [2.45, 2.75) is 31.0 Å². The maximum atomic E-state index is 14.9. The number of ether oxygens (including phenoxy) is 2. The van der Waals surface area contributed by atoms with Gasteiger partial charge in [0.1, 0.15) is 29.3 Å². The van der Waals surface area contributed by atoms with Crippen LogP contribution in [0, 0.1) is 12.7 Å². The number of rotatable bonds is 9. The number of hydrogen-bond acceptors (Lipinski definition) is 10. The average Bonchev–Trinajstić information content (AvgIpc) is 3.44. The van der Waals surface area contributed by atoms with E-state index in [9.17, 15) is 32.3 Å². The van der Waals surface area contributed by atoms with Crippen molar-refractivity contribution in [1.82, 2.24) is 25.5 Å². The Morgan fingerprint density at radius 1 is 1.08 bits per heavy atom. The number of alkyl halides is 3. The summed E-state index contributed by atoms with van der Waals surface area (Å²) in [6, 6.07) is 13.2. The lowest BCUT2D eigenvalue weighted by atomic mass is 9.81. The number of amides is 2. The van der Waals surface area contributed by atoms with E-state index in [2.05, 4.69) is 30.8 Å². The molecule has 0 radical (unpaired) electrons. The third kappa shape index (κ3) is 6.09. The number of aromatic nitrogens is 4. The molecule has 0 aliphatic carbocycles. The van der Waals surface area contributed by atoms with Crippen molar-refractivity contribution in [2.24, 2.45) is 5.73 Å². The number of fused-ring (bicyclic) bond motifs is 2. The molecule has 258 valence electrons. The Labute approximate surface area is 281 Å². The van der Waals surface area contributed by atoms with Crippen LogP contribution >= 0.6 is 0 Å². The lowest BCUT2D eigenvalue weighted by molar-refractivity contribution is -0.265. The lowest BCUT2D eigenvalue weighted by Crippen LogP contribution is -2.51.